The quantitative estimate of drug-likeness (QED) is 0.499. The number of phenols is 1. The largest absolute Gasteiger partial charge is 0.507 e. The Labute approximate surface area is 113 Å². The number of hydrogen-bond donors (Lipinski definition) is 4. The molecule has 0 radical (unpaired) electrons. The van der Waals surface area contributed by atoms with Crippen molar-refractivity contribution < 1.29 is 5.11 Å². The molecule has 0 aliphatic rings. The third-order valence-electron chi connectivity index (χ3n) is 2.76. The van der Waals surface area contributed by atoms with Crippen molar-refractivity contribution in [3.63, 3.8) is 0 Å². The van der Waals surface area contributed by atoms with Gasteiger partial charge in [-0.2, -0.15) is 9.97 Å². The Bertz CT molecular complexity index is 818. The first-order valence-corrected chi connectivity index (χ1v) is 5.71. The molecule has 2 heterocycles. The number of aromatic hydroxyl groups is 1. The summed E-state index contributed by atoms with van der Waals surface area (Å²) in [6.07, 6.45) is 0. The summed E-state index contributed by atoms with van der Waals surface area (Å²) in [6.45, 7) is 0. The molecule has 0 atom stereocenters. The van der Waals surface area contributed by atoms with Crippen LogP contribution < -0.4 is 17.2 Å². The fraction of sp³-hybridized carbons (Fsp3) is 0. The number of nitrogens with zero attached hydrogens (tertiary/aromatic N) is 4. The maximum absolute atomic E-state index is 9.87. The Kier molecular flexibility index (Phi) is 2.50. The average molecular weight is 269 g/mol. The smallest absolute Gasteiger partial charge is 0.224 e. The first kappa shape index (κ1) is 11.9. The molecule has 2 aromatic heterocycles. The number of hydrogen-bond acceptors (Lipinski definition) is 8. The van der Waals surface area contributed by atoms with Crippen molar-refractivity contribution >= 4 is 28.7 Å². The molecule has 3 rings (SSSR count). The van der Waals surface area contributed by atoms with E-state index in [1.807, 2.05) is 0 Å². The van der Waals surface area contributed by atoms with Crippen molar-refractivity contribution in [1.29, 1.82) is 0 Å². The lowest BCUT2D eigenvalue weighted by Gasteiger charge is -2.08. The van der Waals surface area contributed by atoms with Crippen LogP contribution in [0.15, 0.2) is 24.3 Å². The molecule has 0 fully saturated rings. The van der Waals surface area contributed by atoms with E-state index >= 15 is 0 Å². The van der Waals surface area contributed by atoms with Gasteiger partial charge in [0.1, 0.15) is 11.4 Å². The molecule has 0 saturated heterocycles. The highest BCUT2D eigenvalue weighted by Gasteiger charge is 2.15. The number of aromatic nitrogens is 4. The molecule has 0 amide bonds. The van der Waals surface area contributed by atoms with Gasteiger partial charge in [-0.25, -0.2) is 9.97 Å². The maximum Gasteiger partial charge on any atom is 0.224 e. The van der Waals surface area contributed by atoms with Crippen molar-refractivity contribution in [3.05, 3.63) is 24.3 Å². The van der Waals surface area contributed by atoms with Gasteiger partial charge in [0.15, 0.2) is 22.8 Å². The zero-order chi connectivity index (χ0) is 14.3. The topological polar surface area (TPSA) is 150 Å². The van der Waals surface area contributed by atoms with Crippen molar-refractivity contribution in [2.75, 3.05) is 17.2 Å². The molecule has 100 valence electrons. The van der Waals surface area contributed by atoms with Crippen molar-refractivity contribution in [2.45, 2.75) is 0 Å². The average Bonchev–Trinajstić information content (AvgIpc) is 2.39. The minimum Gasteiger partial charge on any atom is -0.507 e. The predicted octanol–water partition coefficient (Wildman–Crippen LogP) is 0.539. The summed E-state index contributed by atoms with van der Waals surface area (Å²) in [7, 11) is 0. The van der Waals surface area contributed by atoms with Gasteiger partial charge < -0.3 is 22.3 Å². The van der Waals surface area contributed by atoms with Gasteiger partial charge in [-0.3, -0.25) is 0 Å². The SMILES string of the molecule is Nc1nc(N)c2nc(-c3ccccc3O)c(N)nc2n1. The predicted molar refractivity (Wildman–Crippen MR) is 75.5 cm³/mol. The van der Waals surface area contributed by atoms with Crippen LogP contribution in [0, 0.1) is 0 Å². The van der Waals surface area contributed by atoms with E-state index in [2.05, 4.69) is 19.9 Å². The van der Waals surface area contributed by atoms with E-state index in [1.165, 1.54) is 6.07 Å². The number of benzene rings is 1. The standard InChI is InChI=1S/C12H11N7O/c13-9-7(5-3-1-2-4-6(5)20)16-8-10(14)18-12(15)19-11(8)17-9/h1-4,20H,(H6,13,14,15,17,18,19). The van der Waals surface area contributed by atoms with Gasteiger partial charge in [-0.1, -0.05) is 12.1 Å². The fourth-order valence-electron chi connectivity index (χ4n) is 1.87. The molecule has 1 aromatic carbocycles. The third kappa shape index (κ3) is 1.79. The highest BCUT2D eigenvalue weighted by Crippen LogP contribution is 2.32. The van der Waals surface area contributed by atoms with Crippen molar-refractivity contribution in [2.24, 2.45) is 0 Å². The third-order valence-corrected chi connectivity index (χ3v) is 2.76. The molecule has 0 unspecified atom stereocenters. The van der Waals surface area contributed by atoms with Crippen LogP contribution in [0.2, 0.25) is 0 Å². The van der Waals surface area contributed by atoms with E-state index in [1.54, 1.807) is 18.2 Å². The Morgan fingerprint density at radius 3 is 2.35 bits per heavy atom. The van der Waals surface area contributed by atoms with E-state index in [-0.39, 0.29) is 34.5 Å². The number of anilines is 3. The van der Waals surface area contributed by atoms with E-state index in [4.69, 9.17) is 17.2 Å². The van der Waals surface area contributed by atoms with E-state index in [9.17, 15) is 5.11 Å². The molecule has 0 saturated carbocycles. The summed E-state index contributed by atoms with van der Waals surface area (Å²) in [5.74, 6) is 0.273. The van der Waals surface area contributed by atoms with Gasteiger partial charge in [0, 0.05) is 5.56 Å². The molecule has 8 nitrogen and oxygen atoms in total. The minimum atomic E-state index is -0.000918. The van der Waals surface area contributed by atoms with E-state index in [0.717, 1.165) is 0 Å². The van der Waals surface area contributed by atoms with Gasteiger partial charge in [0.25, 0.3) is 0 Å². The van der Waals surface area contributed by atoms with Crippen LogP contribution >= 0.6 is 0 Å². The number of nitrogen functional groups attached to an aromatic ring is 3. The molecule has 20 heavy (non-hydrogen) atoms. The second kappa shape index (κ2) is 4.19. The summed E-state index contributed by atoms with van der Waals surface area (Å²) >= 11 is 0. The van der Waals surface area contributed by atoms with Gasteiger partial charge in [0.2, 0.25) is 5.95 Å². The molecule has 0 bridgehead atoms. The first-order chi connectivity index (χ1) is 9.56. The highest BCUT2D eigenvalue weighted by molar-refractivity contribution is 5.88. The van der Waals surface area contributed by atoms with Crippen LogP contribution in [0.4, 0.5) is 17.6 Å². The zero-order valence-electron chi connectivity index (χ0n) is 10.3. The van der Waals surface area contributed by atoms with E-state index in [0.29, 0.717) is 11.3 Å². The Morgan fingerprint density at radius 1 is 0.850 bits per heavy atom. The lowest BCUT2D eigenvalue weighted by atomic mass is 10.1. The second-order valence-corrected chi connectivity index (χ2v) is 4.11. The van der Waals surface area contributed by atoms with Gasteiger partial charge in [0.05, 0.1) is 0 Å². The van der Waals surface area contributed by atoms with Crippen LogP contribution in [0.25, 0.3) is 22.4 Å². The number of nitrogens with two attached hydrogens (primary N) is 3. The number of phenolic OH excluding ortho intramolecular Hbond substituents is 1. The summed E-state index contributed by atoms with van der Waals surface area (Å²) in [6, 6.07) is 6.66. The zero-order valence-corrected chi connectivity index (χ0v) is 10.3. The van der Waals surface area contributed by atoms with Crippen LogP contribution in [-0.2, 0) is 0 Å². The molecule has 3 aromatic rings. The lowest BCUT2D eigenvalue weighted by molar-refractivity contribution is 0.477. The van der Waals surface area contributed by atoms with Crippen molar-refractivity contribution in [3.8, 4) is 17.0 Å². The molecule has 0 aliphatic heterocycles. The Balaban J connectivity index is 2.33. The van der Waals surface area contributed by atoms with Crippen LogP contribution in [0.3, 0.4) is 0 Å². The molecule has 8 heteroatoms. The normalized spacial score (nSPS) is 10.8. The summed E-state index contributed by atoms with van der Waals surface area (Å²) in [4.78, 5) is 16.2. The second-order valence-electron chi connectivity index (χ2n) is 4.11. The Hall–Kier alpha value is -3.16. The minimum absolute atomic E-state index is 0.000918. The fourth-order valence-corrected chi connectivity index (χ4v) is 1.87. The molecule has 0 aliphatic carbocycles. The van der Waals surface area contributed by atoms with Crippen LogP contribution in [0.5, 0.6) is 5.75 Å². The monoisotopic (exact) mass is 269 g/mol. The number of rotatable bonds is 1. The highest BCUT2D eigenvalue weighted by atomic mass is 16.3. The molecule has 7 N–H and O–H groups in total. The summed E-state index contributed by atoms with van der Waals surface area (Å²) in [5, 5.41) is 9.87. The van der Waals surface area contributed by atoms with Gasteiger partial charge in [-0.15, -0.1) is 0 Å². The van der Waals surface area contributed by atoms with E-state index < -0.39 is 0 Å². The number of para-hydroxylation sites is 1. The lowest BCUT2D eigenvalue weighted by Crippen LogP contribution is -2.06. The van der Waals surface area contributed by atoms with Gasteiger partial charge in [-0.05, 0) is 12.1 Å². The van der Waals surface area contributed by atoms with Gasteiger partial charge >= 0.3 is 0 Å². The van der Waals surface area contributed by atoms with Crippen LogP contribution in [0.1, 0.15) is 0 Å². The van der Waals surface area contributed by atoms with Crippen molar-refractivity contribution in [1.82, 2.24) is 19.9 Å². The van der Waals surface area contributed by atoms with Crippen LogP contribution in [-0.4, -0.2) is 25.0 Å². The Morgan fingerprint density at radius 2 is 1.60 bits per heavy atom. The molecule has 0 spiro atoms. The summed E-state index contributed by atoms with van der Waals surface area (Å²) in [5.41, 5.74) is 18.4. The first-order valence-electron chi connectivity index (χ1n) is 5.71. The summed E-state index contributed by atoms with van der Waals surface area (Å²) < 4.78 is 0. The molecular formula is C12H11N7O. The maximum atomic E-state index is 9.87. The molecular weight excluding hydrogens is 258 g/mol. The number of fused-ring (bicyclic) bond motifs is 1.